The van der Waals surface area contributed by atoms with Crippen LogP contribution in [0.25, 0.3) is 0 Å². The molecule has 0 heterocycles. The lowest BCUT2D eigenvalue weighted by Crippen LogP contribution is -2.23. The van der Waals surface area contributed by atoms with Gasteiger partial charge in [-0.2, -0.15) is 0 Å². The lowest BCUT2D eigenvalue weighted by atomic mass is 9.85. The van der Waals surface area contributed by atoms with Crippen molar-refractivity contribution >= 4 is 11.6 Å². The Kier molecular flexibility index (Phi) is 4.70. The highest BCUT2D eigenvalue weighted by Gasteiger charge is 2.21. The molecule has 1 fully saturated rings. The first kappa shape index (κ1) is 10.1. The Hall–Kier alpha value is -0.0100. The molecule has 0 bridgehead atoms. The van der Waals surface area contributed by atoms with E-state index in [0.29, 0.717) is 5.92 Å². The van der Waals surface area contributed by atoms with Crippen molar-refractivity contribution in [2.45, 2.75) is 38.2 Å². The van der Waals surface area contributed by atoms with Crippen LogP contribution in [0.1, 0.15) is 32.1 Å². The van der Waals surface area contributed by atoms with Crippen molar-refractivity contribution < 1.29 is 4.74 Å². The van der Waals surface area contributed by atoms with E-state index in [1.807, 2.05) is 6.08 Å². The third-order valence-corrected chi connectivity index (χ3v) is 2.73. The van der Waals surface area contributed by atoms with Gasteiger partial charge in [0, 0.05) is 0 Å². The fourth-order valence-electron chi connectivity index (χ4n) is 1.93. The minimum Gasteiger partial charge on any atom is -0.358 e. The highest BCUT2D eigenvalue weighted by molar-refractivity contribution is 6.17. The predicted molar refractivity (Wildman–Crippen MR) is 52.4 cm³/mol. The van der Waals surface area contributed by atoms with Crippen molar-refractivity contribution in [3.05, 3.63) is 12.7 Å². The van der Waals surface area contributed by atoms with Gasteiger partial charge in [0.1, 0.15) is 6.07 Å². The highest BCUT2D eigenvalue weighted by atomic mass is 35.5. The Morgan fingerprint density at radius 1 is 1.42 bits per heavy atom. The molecule has 0 N–H and O–H groups in total. The maximum Gasteiger partial charge on any atom is 0.121 e. The summed E-state index contributed by atoms with van der Waals surface area (Å²) in [7, 11) is 0. The van der Waals surface area contributed by atoms with Crippen LogP contribution in [0.5, 0.6) is 0 Å². The van der Waals surface area contributed by atoms with Gasteiger partial charge in [-0.25, -0.2) is 0 Å². The minimum atomic E-state index is 0.183. The Balaban J connectivity index is 2.34. The summed E-state index contributed by atoms with van der Waals surface area (Å²) >= 11 is 5.52. The van der Waals surface area contributed by atoms with Gasteiger partial charge in [0.2, 0.25) is 0 Å². The number of ether oxygens (including phenoxy) is 1. The van der Waals surface area contributed by atoms with Crippen LogP contribution in [0.2, 0.25) is 0 Å². The summed E-state index contributed by atoms with van der Waals surface area (Å²) in [6, 6.07) is 0.285. The molecule has 0 spiro atoms. The van der Waals surface area contributed by atoms with Gasteiger partial charge >= 0.3 is 0 Å². The lowest BCUT2D eigenvalue weighted by Gasteiger charge is -2.27. The van der Waals surface area contributed by atoms with E-state index >= 15 is 0 Å². The Bertz CT molecular complexity index is 130. The summed E-state index contributed by atoms with van der Waals surface area (Å²) in [5, 5.41) is 0. The zero-order chi connectivity index (χ0) is 8.81. The molecule has 0 aliphatic heterocycles. The van der Waals surface area contributed by atoms with Crippen molar-refractivity contribution in [3.63, 3.8) is 0 Å². The quantitative estimate of drug-likeness (QED) is 0.486. The molecule has 12 heavy (non-hydrogen) atoms. The fraction of sp³-hybridized carbons (Fsp3) is 0.800. The Labute approximate surface area is 79.7 Å². The predicted octanol–water partition coefficient (Wildman–Crippen LogP) is 3.33. The average Bonchev–Trinajstić information content (AvgIpc) is 2.15. The molecule has 2 heteroatoms. The second-order valence-corrected chi connectivity index (χ2v) is 3.59. The topological polar surface area (TPSA) is 9.23 Å². The van der Waals surface area contributed by atoms with Crippen molar-refractivity contribution in [1.29, 1.82) is 0 Å². The van der Waals surface area contributed by atoms with Gasteiger partial charge in [-0.1, -0.05) is 36.9 Å². The summed E-state index contributed by atoms with van der Waals surface area (Å²) in [6.45, 7) is 3.77. The van der Waals surface area contributed by atoms with Crippen molar-refractivity contribution in [3.8, 4) is 0 Å². The third kappa shape index (κ3) is 2.80. The number of hydrogen-bond donors (Lipinski definition) is 0. The van der Waals surface area contributed by atoms with Crippen LogP contribution in [-0.4, -0.2) is 12.2 Å². The second kappa shape index (κ2) is 5.60. The highest BCUT2D eigenvalue weighted by Crippen LogP contribution is 2.28. The molecule has 1 aliphatic carbocycles. The summed E-state index contributed by atoms with van der Waals surface area (Å²) < 4.78 is 5.38. The molecule has 1 rings (SSSR count). The molecular weight excluding hydrogens is 172 g/mol. The summed E-state index contributed by atoms with van der Waals surface area (Å²) in [6.07, 6.45) is 8.66. The van der Waals surface area contributed by atoms with E-state index in [4.69, 9.17) is 16.3 Å². The molecule has 1 saturated carbocycles. The molecule has 0 radical (unpaired) electrons. The van der Waals surface area contributed by atoms with E-state index in [0.717, 1.165) is 0 Å². The number of alkyl halides is 1. The molecule has 70 valence electrons. The van der Waals surface area contributed by atoms with Gasteiger partial charge < -0.3 is 4.74 Å². The second-order valence-electron chi connectivity index (χ2n) is 3.37. The molecule has 0 aromatic heterocycles. The van der Waals surface area contributed by atoms with Gasteiger partial charge in [-0.15, -0.1) is 6.58 Å². The van der Waals surface area contributed by atoms with Crippen molar-refractivity contribution in [2.24, 2.45) is 5.92 Å². The van der Waals surface area contributed by atoms with Gasteiger partial charge in [-0.3, -0.25) is 0 Å². The van der Waals surface area contributed by atoms with E-state index in [2.05, 4.69) is 6.58 Å². The zero-order valence-corrected chi connectivity index (χ0v) is 8.22. The number of hydrogen-bond acceptors (Lipinski definition) is 1. The minimum absolute atomic E-state index is 0.183. The first-order chi connectivity index (χ1) is 5.88. The molecule has 1 nitrogen and oxygen atoms in total. The lowest BCUT2D eigenvalue weighted by molar-refractivity contribution is 0.0599. The summed E-state index contributed by atoms with van der Waals surface area (Å²) in [4.78, 5) is 0. The van der Waals surface area contributed by atoms with Crippen LogP contribution in [0.15, 0.2) is 12.7 Å². The summed E-state index contributed by atoms with van der Waals surface area (Å²) in [5.74, 6) is 0.662. The Morgan fingerprint density at radius 2 is 2.08 bits per heavy atom. The van der Waals surface area contributed by atoms with Gasteiger partial charge in [0.05, 0.1) is 6.10 Å². The maximum atomic E-state index is 5.52. The van der Waals surface area contributed by atoms with E-state index < -0.39 is 0 Å². The number of rotatable bonds is 4. The van der Waals surface area contributed by atoms with Gasteiger partial charge in [0.15, 0.2) is 0 Å². The van der Waals surface area contributed by atoms with Gasteiger partial charge in [0.25, 0.3) is 0 Å². The summed E-state index contributed by atoms with van der Waals surface area (Å²) in [5.41, 5.74) is 0. The first-order valence-corrected chi connectivity index (χ1v) is 5.22. The first-order valence-electron chi connectivity index (χ1n) is 4.68. The molecule has 0 saturated heterocycles. The van der Waals surface area contributed by atoms with Crippen LogP contribution in [0.4, 0.5) is 0 Å². The van der Waals surface area contributed by atoms with E-state index in [9.17, 15) is 0 Å². The van der Waals surface area contributed by atoms with Crippen LogP contribution in [0, 0.1) is 5.92 Å². The number of halogens is 1. The Morgan fingerprint density at radius 3 is 2.58 bits per heavy atom. The molecule has 1 atom stereocenters. The SMILES string of the molecule is C=CC(OCCl)C1CCCCC1. The van der Waals surface area contributed by atoms with E-state index in [-0.39, 0.29) is 12.2 Å². The average molecular weight is 189 g/mol. The third-order valence-electron chi connectivity index (χ3n) is 2.60. The molecule has 1 unspecified atom stereocenters. The van der Waals surface area contributed by atoms with E-state index in [1.54, 1.807) is 0 Å². The van der Waals surface area contributed by atoms with Crippen LogP contribution < -0.4 is 0 Å². The van der Waals surface area contributed by atoms with Crippen LogP contribution in [0.3, 0.4) is 0 Å². The normalized spacial score (nSPS) is 22.1. The molecule has 1 aliphatic rings. The molecule has 0 aromatic carbocycles. The largest absolute Gasteiger partial charge is 0.358 e. The van der Waals surface area contributed by atoms with E-state index in [1.165, 1.54) is 32.1 Å². The van der Waals surface area contributed by atoms with Gasteiger partial charge in [-0.05, 0) is 18.8 Å². The van der Waals surface area contributed by atoms with Crippen LogP contribution in [-0.2, 0) is 4.74 Å². The fourth-order valence-corrected chi connectivity index (χ4v) is 2.08. The maximum absolute atomic E-state index is 5.52. The zero-order valence-electron chi connectivity index (χ0n) is 7.47. The van der Waals surface area contributed by atoms with Crippen molar-refractivity contribution in [1.82, 2.24) is 0 Å². The monoisotopic (exact) mass is 188 g/mol. The van der Waals surface area contributed by atoms with Crippen molar-refractivity contribution in [2.75, 3.05) is 6.07 Å². The molecular formula is C10H17ClO. The van der Waals surface area contributed by atoms with Crippen LogP contribution >= 0.6 is 11.6 Å². The standard InChI is InChI=1S/C10H17ClO/c1-2-10(12-8-11)9-6-4-3-5-7-9/h2,9-10H,1,3-8H2. The molecule has 0 aromatic rings. The smallest absolute Gasteiger partial charge is 0.121 e. The molecule has 0 amide bonds.